The van der Waals surface area contributed by atoms with Crippen LogP contribution in [0.1, 0.15) is 51.4 Å². The van der Waals surface area contributed by atoms with Crippen molar-refractivity contribution in [2.24, 2.45) is 5.92 Å². The summed E-state index contributed by atoms with van der Waals surface area (Å²) < 4.78 is 6.00. The Morgan fingerprint density at radius 3 is 2.57 bits per heavy atom. The fourth-order valence-corrected chi connectivity index (χ4v) is 6.36. The molecular formula is C24H33N3O3. The van der Waals surface area contributed by atoms with Crippen LogP contribution in [0, 0.1) is 5.92 Å². The third-order valence-corrected chi connectivity index (χ3v) is 7.91. The highest BCUT2D eigenvalue weighted by atomic mass is 16.6. The minimum absolute atomic E-state index is 0.00377. The zero-order valence-electron chi connectivity index (χ0n) is 17.8. The number of para-hydroxylation sites is 1. The van der Waals surface area contributed by atoms with Crippen molar-refractivity contribution in [1.82, 2.24) is 9.80 Å². The Balaban J connectivity index is 1.17. The maximum Gasteiger partial charge on any atom is 0.410 e. The minimum atomic E-state index is -0.156. The predicted molar refractivity (Wildman–Crippen MR) is 115 cm³/mol. The summed E-state index contributed by atoms with van der Waals surface area (Å²) >= 11 is 0. The van der Waals surface area contributed by atoms with Gasteiger partial charge in [-0.1, -0.05) is 18.2 Å². The van der Waals surface area contributed by atoms with Gasteiger partial charge in [-0.2, -0.15) is 0 Å². The van der Waals surface area contributed by atoms with Gasteiger partial charge in [-0.15, -0.1) is 0 Å². The zero-order chi connectivity index (χ0) is 20.6. The van der Waals surface area contributed by atoms with Gasteiger partial charge in [-0.3, -0.25) is 4.79 Å². The molecule has 3 saturated heterocycles. The summed E-state index contributed by atoms with van der Waals surface area (Å²) in [6.07, 6.45) is 7.64. The number of benzene rings is 1. The number of piperazine rings is 1. The van der Waals surface area contributed by atoms with E-state index < -0.39 is 0 Å². The van der Waals surface area contributed by atoms with Crippen LogP contribution in [-0.4, -0.2) is 66.2 Å². The minimum Gasteiger partial charge on any atom is -0.446 e. The van der Waals surface area contributed by atoms with E-state index in [2.05, 4.69) is 34.1 Å². The Morgan fingerprint density at radius 1 is 0.967 bits per heavy atom. The van der Waals surface area contributed by atoms with Crippen molar-refractivity contribution < 1.29 is 14.3 Å². The molecule has 2 amide bonds. The normalized spacial score (nSPS) is 31.7. The van der Waals surface area contributed by atoms with E-state index in [1.165, 1.54) is 5.69 Å². The standard InChI is InChI=1S/C24H33N3O3/c28-22-9-4-6-19-18-21(10-12-24(19)11-5-13-27(22)24)30-23(29)26-16-14-25(15-17-26)20-7-2-1-3-8-20/h1-3,7-8,19,21H,4-6,9-18H2/t19-,21-,24+/m0/s1. The first-order valence-corrected chi connectivity index (χ1v) is 11.7. The van der Waals surface area contributed by atoms with Gasteiger partial charge in [-0.05, 0) is 63.0 Å². The van der Waals surface area contributed by atoms with Crippen molar-refractivity contribution in [2.75, 3.05) is 37.6 Å². The van der Waals surface area contributed by atoms with E-state index in [0.29, 0.717) is 31.3 Å². The maximum absolute atomic E-state index is 12.8. The number of rotatable bonds is 2. The van der Waals surface area contributed by atoms with E-state index in [0.717, 1.165) is 64.6 Å². The Morgan fingerprint density at radius 2 is 1.77 bits per heavy atom. The number of nitrogens with zero attached hydrogens (tertiary/aromatic N) is 3. The summed E-state index contributed by atoms with van der Waals surface area (Å²) in [6, 6.07) is 10.4. The van der Waals surface area contributed by atoms with E-state index >= 15 is 0 Å². The molecule has 3 atom stereocenters. The van der Waals surface area contributed by atoms with Crippen molar-refractivity contribution in [2.45, 2.75) is 63.0 Å². The van der Waals surface area contributed by atoms with Crippen LogP contribution in [0.25, 0.3) is 0 Å². The molecule has 1 aliphatic carbocycles. The molecule has 6 heteroatoms. The molecule has 4 aliphatic rings. The number of anilines is 1. The molecule has 0 bridgehead atoms. The smallest absolute Gasteiger partial charge is 0.410 e. The largest absolute Gasteiger partial charge is 0.446 e. The van der Waals surface area contributed by atoms with Crippen molar-refractivity contribution in [3.05, 3.63) is 30.3 Å². The van der Waals surface area contributed by atoms with Gasteiger partial charge >= 0.3 is 6.09 Å². The highest BCUT2D eigenvalue weighted by Crippen LogP contribution is 2.49. The van der Waals surface area contributed by atoms with Crippen LogP contribution in [0.5, 0.6) is 0 Å². The molecule has 6 nitrogen and oxygen atoms in total. The Bertz CT molecular complexity index is 777. The molecule has 5 rings (SSSR count). The second-order valence-electron chi connectivity index (χ2n) is 9.43. The summed E-state index contributed by atoms with van der Waals surface area (Å²) in [4.78, 5) is 31.8. The number of hydrogen-bond acceptors (Lipinski definition) is 4. The highest BCUT2D eigenvalue weighted by molar-refractivity contribution is 5.78. The van der Waals surface area contributed by atoms with Crippen LogP contribution >= 0.6 is 0 Å². The first-order chi connectivity index (χ1) is 14.7. The van der Waals surface area contributed by atoms with Crippen LogP contribution in [0.3, 0.4) is 0 Å². The molecule has 1 spiro atoms. The summed E-state index contributed by atoms with van der Waals surface area (Å²) in [7, 11) is 0. The third kappa shape index (κ3) is 3.54. The lowest BCUT2D eigenvalue weighted by molar-refractivity contribution is -0.138. The summed E-state index contributed by atoms with van der Waals surface area (Å²) in [6.45, 7) is 4.01. The predicted octanol–water partition coefficient (Wildman–Crippen LogP) is 3.66. The van der Waals surface area contributed by atoms with Crippen LogP contribution < -0.4 is 4.90 Å². The Hall–Kier alpha value is -2.24. The lowest BCUT2D eigenvalue weighted by atomic mass is 9.69. The molecule has 30 heavy (non-hydrogen) atoms. The molecule has 3 heterocycles. The lowest BCUT2D eigenvalue weighted by Crippen LogP contribution is -2.55. The van der Waals surface area contributed by atoms with E-state index in [9.17, 15) is 9.59 Å². The van der Waals surface area contributed by atoms with Crippen molar-refractivity contribution in [1.29, 1.82) is 0 Å². The van der Waals surface area contributed by atoms with Gasteiger partial charge in [0.1, 0.15) is 6.10 Å². The first-order valence-electron chi connectivity index (χ1n) is 11.7. The molecule has 0 unspecified atom stereocenters. The van der Waals surface area contributed by atoms with Crippen LogP contribution in [-0.2, 0) is 9.53 Å². The summed E-state index contributed by atoms with van der Waals surface area (Å²) in [5.74, 6) is 0.828. The van der Waals surface area contributed by atoms with E-state index in [1.54, 1.807) is 0 Å². The van der Waals surface area contributed by atoms with Gasteiger partial charge < -0.3 is 19.4 Å². The Labute approximate surface area is 179 Å². The monoisotopic (exact) mass is 411 g/mol. The van der Waals surface area contributed by atoms with E-state index in [4.69, 9.17) is 4.74 Å². The molecule has 4 fully saturated rings. The van der Waals surface area contributed by atoms with Gasteiger partial charge in [0.05, 0.1) is 0 Å². The number of hydrogen-bond donors (Lipinski definition) is 0. The Kier molecular flexibility index (Phi) is 5.34. The van der Waals surface area contributed by atoms with Crippen LogP contribution in [0.15, 0.2) is 30.3 Å². The highest BCUT2D eigenvalue weighted by Gasteiger charge is 2.53. The molecule has 3 aliphatic heterocycles. The lowest BCUT2D eigenvalue weighted by Gasteiger charge is -2.48. The fraction of sp³-hybridized carbons (Fsp3) is 0.667. The second-order valence-corrected chi connectivity index (χ2v) is 9.43. The van der Waals surface area contributed by atoms with Crippen molar-refractivity contribution in [3.63, 3.8) is 0 Å². The second kappa shape index (κ2) is 8.12. The third-order valence-electron chi connectivity index (χ3n) is 7.91. The summed E-state index contributed by atoms with van der Waals surface area (Å²) in [5, 5.41) is 0. The van der Waals surface area contributed by atoms with E-state index in [1.807, 2.05) is 11.0 Å². The average Bonchev–Trinajstić information content (AvgIpc) is 3.15. The van der Waals surface area contributed by atoms with Gasteiger partial charge in [0, 0.05) is 50.4 Å². The van der Waals surface area contributed by atoms with Crippen molar-refractivity contribution >= 4 is 17.7 Å². The number of carbonyl (C=O) groups excluding carboxylic acids is 2. The molecule has 0 aromatic heterocycles. The van der Waals surface area contributed by atoms with E-state index in [-0.39, 0.29) is 17.7 Å². The number of ether oxygens (including phenoxy) is 1. The van der Waals surface area contributed by atoms with Gasteiger partial charge in [0.15, 0.2) is 0 Å². The van der Waals surface area contributed by atoms with Gasteiger partial charge in [-0.25, -0.2) is 4.79 Å². The number of carbonyl (C=O) groups is 2. The maximum atomic E-state index is 12.8. The average molecular weight is 412 g/mol. The molecule has 0 N–H and O–H groups in total. The quantitative estimate of drug-likeness (QED) is 0.745. The molecule has 1 aromatic rings. The fourth-order valence-electron chi connectivity index (χ4n) is 6.36. The summed E-state index contributed by atoms with van der Waals surface area (Å²) in [5.41, 5.74) is 1.27. The molecular weight excluding hydrogens is 378 g/mol. The topological polar surface area (TPSA) is 53.1 Å². The molecule has 162 valence electrons. The SMILES string of the molecule is O=C(O[C@H]1CC[C@@]23CCCN2C(=O)CCC[C@H]3C1)N1CCN(c2ccccc2)CC1. The van der Waals surface area contributed by atoms with Gasteiger partial charge in [0.2, 0.25) is 5.91 Å². The first kappa shape index (κ1) is 19.7. The number of amides is 2. The van der Waals surface area contributed by atoms with Crippen LogP contribution in [0.2, 0.25) is 0 Å². The van der Waals surface area contributed by atoms with Crippen molar-refractivity contribution in [3.8, 4) is 0 Å². The van der Waals surface area contributed by atoms with Gasteiger partial charge in [0.25, 0.3) is 0 Å². The molecule has 1 aromatic carbocycles. The molecule has 1 saturated carbocycles. The van der Waals surface area contributed by atoms with Crippen LogP contribution in [0.4, 0.5) is 10.5 Å². The molecule has 0 radical (unpaired) electrons. The zero-order valence-corrected chi connectivity index (χ0v) is 17.8.